The third kappa shape index (κ3) is 3.80. The number of hydrogen-bond acceptors (Lipinski definition) is 5. The van der Waals surface area contributed by atoms with Gasteiger partial charge >= 0.3 is 5.69 Å². The molecule has 1 aliphatic rings. The summed E-state index contributed by atoms with van der Waals surface area (Å²) in [6.45, 7) is 2.38. The Kier molecular flexibility index (Phi) is 4.81. The van der Waals surface area contributed by atoms with Gasteiger partial charge in [0.05, 0.1) is 11.5 Å². The van der Waals surface area contributed by atoms with Gasteiger partial charge in [-0.3, -0.25) is 9.36 Å². The minimum atomic E-state index is -0.292. The van der Waals surface area contributed by atoms with Crippen molar-refractivity contribution in [1.82, 2.24) is 14.3 Å². The van der Waals surface area contributed by atoms with E-state index in [2.05, 4.69) is 10.4 Å². The Morgan fingerprint density at radius 2 is 2.07 bits per heavy atom. The second kappa shape index (κ2) is 7.40. The van der Waals surface area contributed by atoms with Crippen molar-refractivity contribution in [3.63, 3.8) is 0 Å². The first kappa shape index (κ1) is 17.5. The Morgan fingerprint density at radius 1 is 1.30 bits per heavy atom. The van der Waals surface area contributed by atoms with Crippen molar-refractivity contribution in [2.75, 3.05) is 11.9 Å². The van der Waals surface area contributed by atoms with Gasteiger partial charge in [0.25, 0.3) is 0 Å². The lowest BCUT2D eigenvalue weighted by Crippen LogP contribution is -2.30. The third-order valence-electron chi connectivity index (χ3n) is 4.27. The number of nitrogens with zero attached hydrogens (tertiary/aromatic N) is 3. The van der Waals surface area contributed by atoms with E-state index in [1.165, 1.54) is 16.0 Å². The average molecular weight is 384 g/mol. The second-order valence-corrected chi connectivity index (χ2v) is 7.30. The van der Waals surface area contributed by atoms with Crippen molar-refractivity contribution in [3.05, 3.63) is 52.3 Å². The number of hydrogen-bond donors (Lipinski definition) is 1. The first-order chi connectivity index (χ1) is 13.2. The van der Waals surface area contributed by atoms with Crippen LogP contribution in [0.25, 0.3) is 10.7 Å². The molecule has 8 heteroatoms. The summed E-state index contributed by atoms with van der Waals surface area (Å²) in [6.07, 6.45) is 1.95. The Labute approximate surface area is 160 Å². The molecule has 7 nitrogen and oxygen atoms in total. The molecular formula is C19H20N4O3S. The van der Waals surface area contributed by atoms with Crippen LogP contribution in [0.2, 0.25) is 0 Å². The van der Waals surface area contributed by atoms with Crippen LogP contribution in [-0.4, -0.2) is 26.9 Å². The van der Waals surface area contributed by atoms with Gasteiger partial charge in [0, 0.05) is 11.7 Å². The van der Waals surface area contributed by atoms with E-state index in [-0.39, 0.29) is 24.2 Å². The molecule has 0 saturated heterocycles. The highest BCUT2D eigenvalue weighted by atomic mass is 32.1. The van der Waals surface area contributed by atoms with Gasteiger partial charge in [-0.15, -0.1) is 16.4 Å². The molecule has 0 unspecified atom stereocenters. The van der Waals surface area contributed by atoms with Crippen LogP contribution in [0.4, 0.5) is 5.69 Å². The maximum absolute atomic E-state index is 12.7. The van der Waals surface area contributed by atoms with Crippen molar-refractivity contribution in [3.8, 4) is 16.5 Å². The summed E-state index contributed by atoms with van der Waals surface area (Å²) in [6, 6.07) is 11.2. The SMILES string of the molecule is CCOc1ccc(NC(=O)Cn2nc(-c3cccs3)n(C3CC3)c2=O)cc1. The number of amides is 1. The average Bonchev–Trinajstić information content (AvgIpc) is 3.23. The fraction of sp³-hybridized carbons (Fsp3) is 0.316. The fourth-order valence-electron chi connectivity index (χ4n) is 2.90. The number of thiophene rings is 1. The Bertz CT molecular complexity index is 985. The molecule has 1 aromatic carbocycles. The molecule has 2 aromatic heterocycles. The van der Waals surface area contributed by atoms with Gasteiger partial charge in [0.15, 0.2) is 5.82 Å². The van der Waals surface area contributed by atoms with Crippen molar-refractivity contribution in [2.45, 2.75) is 32.4 Å². The predicted octanol–water partition coefficient (Wildman–Crippen LogP) is 3.15. The fourth-order valence-corrected chi connectivity index (χ4v) is 3.60. The lowest BCUT2D eigenvalue weighted by Gasteiger charge is -2.06. The molecule has 140 valence electrons. The highest BCUT2D eigenvalue weighted by Crippen LogP contribution is 2.37. The molecule has 0 radical (unpaired) electrons. The zero-order chi connectivity index (χ0) is 18.8. The Hall–Kier alpha value is -2.87. The van der Waals surface area contributed by atoms with Crippen LogP contribution in [-0.2, 0) is 11.3 Å². The standard InChI is InChI=1S/C19H20N4O3S/c1-2-26-15-9-5-13(6-10-15)20-17(24)12-22-19(25)23(14-7-8-14)18(21-22)16-4-3-11-27-16/h3-6,9-11,14H,2,7-8,12H2,1H3,(H,20,24). The van der Waals surface area contributed by atoms with E-state index in [9.17, 15) is 9.59 Å². The maximum atomic E-state index is 12.7. The number of carbonyl (C=O) groups excluding carboxylic acids is 1. The highest BCUT2D eigenvalue weighted by molar-refractivity contribution is 7.13. The Morgan fingerprint density at radius 3 is 2.70 bits per heavy atom. The largest absolute Gasteiger partial charge is 0.494 e. The molecule has 0 atom stereocenters. The summed E-state index contributed by atoms with van der Waals surface area (Å²) in [7, 11) is 0. The van der Waals surface area contributed by atoms with Crippen LogP contribution in [0, 0.1) is 0 Å². The number of carbonyl (C=O) groups is 1. The number of anilines is 1. The molecule has 27 heavy (non-hydrogen) atoms. The third-order valence-corrected chi connectivity index (χ3v) is 5.13. The predicted molar refractivity (Wildman–Crippen MR) is 104 cm³/mol. The van der Waals surface area contributed by atoms with Gasteiger partial charge in [0.1, 0.15) is 12.3 Å². The lowest BCUT2D eigenvalue weighted by atomic mass is 10.3. The number of nitrogens with one attached hydrogen (secondary N) is 1. The van der Waals surface area contributed by atoms with Crippen molar-refractivity contribution >= 4 is 22.9 Å². The van der Waals surface area contributed by atoms with Crippen LogP contribution in [0.5, 0.6) is 5.75 Å². The molecule has 1 aliphatic carbocycles. The molecular weight excluding hydrogens is 364 g/mol. The highest BCUT2D eigenvalue weighted by Gasteiger charge is 2.31. The molecule has 0 spiro atoms. The molecule has 0 bridgehead atoms. The molecule has 4 rings (SSSR count). The van der Waals surface area contributed by atoms with Gasteiger partial charge in [-0.05, 0) is 55.5 Å². The quantitative estimate of drug-likeness (QED) is 0.679. The number of ether oxygens (including phenoxy) is 1. The van der Waals surface area contributed by atoms with E-state index in [0.29, 0.717) is 18.1 Å². The molecule has 1 amide bonds. The normalized spacial score (nSPS) is 13.5. The van der Waals surface area contributed by atoms with E-state index in [1.54, 1.807) is 28.8 Å². The molecule has 1 saturated carbocycles. The topological polar surface area (TPSA) is 78.2 Å². The minimum absolute atomic E-state index is 0.121. The van der Waals surface area contributed by atoms with Gasteiger partial charge in [-0.2, -0.15) is 0 Å². The van der Waals surface area contributed by atoms with Crippen molar-refractivity contribution < 1.29 is 9.53 Å². The summed E-state index contributed by atoms with van der Waals surface area (Å²) < 4.78 is 8.35. The first-order valence-electron chi connectivity index (χ1n) is 8.91. The molecule has 3 aromatic rings. The van der Waals surface area contributed by atoms with E-state index >= 15 is 0 Å². The zero-order valence-electron chi connectivity index (χ0n) is 14.9. The van der Waals surface area contributed by atoms with Gasteiger partial charge in [-0.1, -0.05) is 6.07 Å². The molecule has 1 N–H and O–H groups in total. The molecule has 1 fully saturated rings. The van der Waals surface area contributed by atoms with Crippen molar-refractivity contribution in [2.24, 2.45) is 0 Å². The van der Waals surface area contributed by atoms with E-state index in [1.807, 2.05) is 24.4 Å². The maximum Gasteiger partial charge on any atom is 0.346 e. The van der Waals surface area contributed by atoms with Crippen LogP contribution in [0.3, 0.4) is 0 Å². The molecule has 2 heterocycles. The van der Waals surface area contributed by atoms with E-state index in [0.717, 1.165) is 23.5 Å². The van der Waals surface area contributed by atoms with Crippen LogP contribution in [0.15, 0.2) is 46.6 Å². The monoisotopic (exact) mass is 384 g/mol. The van der Waals surface area contributed by atoms with Crippen LogP contribution < -0.4 is 15.7 Å². The van der Waals surface area contributed by atoms with E-state index in [4.69, 9.17) is 4.74 Å². The Balaban J connectivity index is 1.51. The summed E-state index contributed by atoms with van der Waals surface area (Å²) in [4.78, 5) is 26.1. The summed E-state index contributed by atoms with van der Waals surface area (Å²) in [5, 5.41) is 9.18. The summed E-state index contributed by atoms with van der Waals surface area (Å²) >= 11 is 1.54. The van der Waals surface area contributed by atoms with E-state index < -0.39 is 0 Å². The van der Waals surface area contributed by atoms with Gasteiger partial charge in [0.2, 0.25) is 5.91 Å². The zero-order valence-corrected chi connectivity index (χ0v) is 15.7. The summed E-state index contributed by atoms with van der Waals surface area (Å²) in [5.74, 6) is 1.10. The van der Waals surface area contributed by atoms with Crippen molar-refractivity contribution in [1.29, 1.82) is 0 Å². The number of aromatic nitrogens is 3. The second-order valence-electron chi connectivity index (χ2n) is 6.35. The number of rotatable bonds is 7. The van der Waals surface area contributed by atoms with Gasteiger partial charge in [-0.25, -0.2) is 9.48 Å². The summed E-state index contributed by atoms with van der Waals surface area (Å²) in [5.41, 5.74) is 0.416. The first-order valence-corrected chi connectivity index (χ1v) is 9.79. The molecule has 0 aliphatic heterocycles. The van der Waals surface area contributed by atoms with Crippen LogP contribution >= 0.6 is 11.3 Å². The number of benzene rings is 1. The van der Waals surface area contributed by atoms with Crippen LogP contribution in [0.1, 0.15) is 25.8 Å². The smallest absolute Gasteiger partial charge is 0.346 e. The minimum Gasteiger partial charge on any atom is -0.494 e. The lowest BCUT2D eigenvalue weighted by molar-refractivity contribution is -0.117. The van der Waals surface area contributed by atoms with Gasteiger partial charge < -0.3 is 10.1 Å².